The van der Waals surface area contributed by atoms with E-state index in [0.29, 0.717) is 6.42 Å². The van der Waals surface area contributed by atoms with Gasteiger partial charge in [0, 0.05) is 13.1 Å². The number of halogens is 1. The minimum absolute atomic E-state index is 0.172. The molecule has 1 saturated heterocycles. The van der Waals surface area contributed by atoms with E-state index in [-0.39, 0.29) is 6.67 Å². The third kappa shape index (κ3) is 4.38. The van der Waals surface area contributed by atoms with Gasteiger partial charge in [-0.1, -0.05) is 6.92 Å². The van der Waals surface area contributed by atoms with Gasteiger partial charge in [0.15, 0.2) is 0 Å². The molecule has 1 aliphatic heterocycles. The normalized spacial score (nSPS) is 24.0. The molecule has 0 spiro atoms. The van der Waals surface area contributed by atoms with Crippen molar-refractivity contribution in [3.63, 3.8) is 0 Å². The molecule has 2 nitrogen and oxygen atoms in total. The fraction of sp³-hybridized carbons (Fsp3) is 1.00. The molecule has 0 amide bonds. The van der Waals surface area contributed by atoms with Crippen LogP contribution in [0.3, 0.4) is 0 Å². The number of alkyl halides is 1. The summed E-state index contributed by atoms with van der Waals surface area (Å²) < 4.78 is 12.0. The predicted molar refractivity (Wildman–Crippen MR) is 58.3 cm³/mol. The van der Waals surface area contributed by atoms with Crippen LogP contribution in [0.1, 0.15) is 26.2 Å². The van der Waals surface area contributed by atoms with Crippen LogP contribution in [0, 0.1) is 5.92 Å². The molecule has 0 aliphatic carbocycles. The van der Waals surface area contributed by atoms with Crippen LogP contribution in [-0.2, 0) is 0 Å². The molecule has 1 fully saturated rings. The van der Waals surface area contributed by atoms with Gasteiger partial charge in [0.25, 0.3) is 0 Å². The molecule has 1 rings (SSSR count). The second-order valence-electron chi connectivity index (χ2n) is 4.16. The average Bonchev–Trinajstić information content (AvgIpc) is 2.24. The molecule has 0 aromatic heterocycles. The van der Waals surface area contributed by atoms with Gasteiger partial charge >= 0.3 is 0 Å². The van der Waals surface area contributed by atoms with Crippen LogP contribution < -0.4 is 5.32 Å². The summed E-state index contributed by atoms with van der Waals surface area (Å²) >= 11 is 0. The number of hydrogen-bond acceptors (Lipinski definition) is 2. The minimum Gasteiger partial charge on any atom is -0.317 e. The molecule has 0 aromatic rings. The van der Waals surface area contributed by atoms with E-state index >= 15 is 0 Å². The van der Waals surface area contributed by atoms with Crippen LogP contribution in [-0.4, -0.2) is 44.3 Å². The Kier molecular flexibility index (Phi) is 6.12. The quantitative estimate of drug-likeness (QED) is 0.705. The van der Waals surface area contributed by atoms with Crippen molar-refractivity contribution in [1.29, 1.82) is 0 Å². The molecule has 1 atom stereocenters. The Labute approximate surface area is 86.9 Å². The molecule has 1 N–H and O–H groups in total. The van der Waals surface area contributed by atoms with E-state index in [1.807, 2.05) is 0 Å². The topological polar surface area (TPSA) is 15.3 Å². The zero-order valence-corrected chi connectivity index (χ0v) is 9.27. The van der Waals surface area contributed by atoms with E-state index in [1.165, 1.54) is 19.4 Å². The summed E-state index contributed by atoms with van der Waals surface area (Å²) in [7, 11) is 0. The summed E-state index contributed by atoms with van der Waals surface area (Å²) in [5.41, 5.74) is 0. The summed E-state index contributed by atoms with van der Waals surface area (Å²) in [6.45, 7) is 7.43. The maximum atomic E-state index is 12.0. The van der Waals surface area contributed by atoms with Crippen molar-refractivity contribution < 1.29 is 4.39 Å². The summed E-state index contributed by atoms with van der Waals surface area (Å²) in [4.78, 5) is 2.41. The predicted octanol–water partition coefficient (Wildman–Crippen LogP) is 1.67. The molecule has 0 radical (unpaired) electrons. The van der Waals surface area contributed by atoms with Gasteiger partial charge in [-0.15, -0.1) is 0 Å². The Morgan fingerprint density at radius 3 is 3.07 bits per heavy atom. The molecule has 1 unspecified atom stereocenters. The van der Waals surface area contributed by atoms with Gasteiger partial charge in [-0.3, -0.25) is 4.39 Å². The highest BCUT2D eigenvalue weighted by Gasteiger charge is 2.18. The second-order valence-corrected chi connectivity index (χ2v) is 4.16. The van der Waals surface area contributed by atoms with Crippen LogP contribution in [0.5, 0.6) is 0 Å². The Morgan fingerprint density at radius 1 is 1.50 bits per heavy atom. The van der Waals surface area contributed by atoms with Gasteiger partial charge in [0.2, 0.25) is 0 Å². The van der Waals surface area contributed by atoms with E-state index in [2.05, 4.69) is 17.1 Å². The van der Waals surface area contributed by atoms with E-state index in [1.54, 1.807) is 0 Å². The lowest BCUT2D eigenvalue weighted by molar-refractivity contribution is 0.167. The largest absolute Gasteiger partial charge is 0.317 e. The summed E-state index contributed by atoms with van der Waals surface area (Å²) in [6.07, 6.45) is 3.31. The summed E-state index contributed by atoms with van der Waals surface area (Å²) in [5.74, 6) is 0.781. The lowest BCUT2D eigenvalue weighted by Gasteiger charge is -2.32. The monoisotopic (exact) mass is 202 g/mol. The Morgan fingerprint density at radius 2 is 2.36 bits per heavy atom. The third-order valence-electron chi connectivity index (χ3n) is 2.89. The first-order valence-corrected chi connectivity index (χ1v) is 5.85. The van der Waals surface area contributed by atoms with Crippen molar-refractivity contribution in [3.05, 3.63) is 0 Å². The van der Waals surface area contributed by atoms with Crippen molar-refractivity contribution in [1.82, 2.24) is 10.2 Å². The fourth-order valence-electron chi connectivity index (χ4n) is 2.15. The highest BCUT2D eigenvalue weighted by molar-refractivity contribution is 4.74. The van der Waals surface area contributed by atoms with Gasteiger partial charge in [0.1, 0.15) is 0 Å². The molecule has 84 valence electrons. The highest BCUT2D eigenvalue weighted by Crippen LogP contribution is 2.15. The minimum atomic E-state index is -0.172. The zero-order valence-electron chi connectivity index (χ0n) is 9.27. The van der Waals surface area contributed by atoms with Gasteiger partial charge in [-0.25, -0.2) is 0 Å². The first-order chi connectivity index (χ1) is 6.86. The standard InChI is InChI=1S/C11H23FN2/c1-2-13-9-11-5-3-7-14(10-11)8-4-6-12/h11,13H,2-10H2,1H3. The van der Waals surface area contributed by atoms with E-state index in [4.69, 9.17) is 0 Å². The van der Waals surface area contributed by atoms with Gasteiger partial charge < -0.3 is 10.2 Å². The molecule has 0 saturated carbocycles. The van der Waals surface area contributed by atoms with Crippen molar-refractivity contribution in [2.75, 3.05) is 39.4 Å². The van der Waals surface area contributed by atoms with Crippen LogP contribution in [0.15, 0.2) is 0 Å². The van der Waals surface area contributed by atoms with Crippen molar-refractivity contribution in [2.45, 2.75) is 26.2 Å². The van der Waals surface area contributed by atoms with Crippen LogP contribution in [0.4, 0.5) is 4.39 Å². The number of hydrogen-bond donors (Lipinski definition) is 1. The Bertz CT molecular complexity index is 127. The van der Waals surface area contributed by atoms with E-state index in [9.17, 15) is 4.39 Å². The van der Waals surface area contributed by atoms with Crippen molar-refractivity contribution in [2.24, 2.45) is 5.92 Å². The fourth-order valence-corrected chi connectivity index (χ4v) is 2.15. The zero-order chi connectivity index (χ0) is 10.2. The molecule has 14 heavy (non-hydrogen) atoms. The number of nitrogens with zero attached hydrogens (tertiary/aromatic N) is 1. The molecule has 1 aliphatic rings. The Hall–Kier alpha value is -0.150. The van der Waals surface area contributed by atoms with Crippen LogP contribution >= 0.6 is 0 Å². The molecule has 0 bridgehead atoms. The maximum absolute atomic E-state index is 12.0. The molecular weight excluding hydrogens is 179 g/mol. The van der Waals surface area contributed by atoms with E-state index in [0.717, 1.165) is 32.1 Å². The summed E-state index contributed by atoms with van der Waals surface area (Å²) in [6, 6.07) is 0. The van der Waals surface area contributed by atoms with Gasteiger partial charge in [0.05, 0.1) is 6.67 Å². The van der Waals surface area contributed by atoms with E-state index < -0.39 is 0 Å². The second kappa shape index (κ2) is 7.18. The third-order valence-corrected chi connectivity index (χ3v) is 2.89. The van der Waals surface area contributed by atoms with Crippen molar-refractivity contribution in [3.8, 4) is 0 Å². The molecule has 3 heteroatoms. The lowest BCUT2D eigenvalue weighted by Crippen LogP contribution is -2.40. The van der Waals surface area contributed by atoms with Crippen LogP contribution in [0.2, 0.25) is 0 Å². The molecular formula is C11H23FN2. The number of likely N-dealkylation sites (tertiary alicyclic amines) is 1. The highest BCUT2D eigenvalue weighted by atomic mass is 19.1. The number of nitrogens with one attached hydrogen (secondary N) is 1. The summed E-state index contributed by atoms with van der Waals surface area (Å²) in [5, 5.41) is 3.39. The van der Waals surface area contributed by atoms with Crippen LogP contribution in [0.25, 0.3) is 0 Å². The first-order valence-electron chi connectivity index (χ1n) is 5.85. The van der Waals surface area contributed by atoms with Gasteiger partial charge in [-0.05, 0) is 44.8 Å². The number of rotatable bonds is 6. The van der Waals surface area contributed by atoms with Crippen molar-refractivity contribution >= 4 is 0 Å². The number of piperidine rings is 1. The van der Waals surface area contributed by atoms with Gasteiger partial charge in [-0.2, -0.15) is 0 Å². The SMILES string of the molecule is CCNCC1CCCN(CCCF)C1. The molecule has 0 aromatic carbocycles. The lowest BCUT2D eigenvalue weighted by atomic mass is 9.98. The Balaban J connectivity index is 2.14. The first kappa shape index (κ1) is 11.9. The average molecular weight is 202 g/mol. The smallest absolute Gasteiger partial charge is 0.0906 e. The maximum Gasteiger partial charge on any atom is 0.0906 e. The molecule has 1 heterocycles.